The number of piperazine rings is 1. The van der Waals surface area contributed by atoms with Crippen LogP contribution in [-0.2, 0) is 12.7 Å². The maximum atomic E-state index is 13.9. The van der Waals surface area contributed by atoms with Gasteiger partial charge in [-0.2, -0.15) is 18.3 Å². The van der Waals surface area contributed by atoms with Crippen LogP contribution in [0.4, 0.5) is 13.2 Å². The molecule has 192 valence electrons. The lowest BCUT2D eigenvalue weighted by molar-refractivity contribution is -0.142. The van der Waals surface area contributed by atoms with Crippen molar-refractivity contribution in [1.29, 1.82) is 0 Å². The maximum Gasteiger partial charge on any atom is 0.433 e. The number of rotatable bonds is 5. The van der Waals surface area contributed by atoms with Crippen molar-refractivity contribution in [2.75, 3.05) is 33.3 Å². The number of ether oxygens (including phenoxy) is 1. The number of methoxy groups -OCH3 is 1. The number of halogens is 3. The molecule has 5 rings (SSSR count). The number of phenols is 1. The van der Waals surface area contributed by atoms with E-state index in [4.69, 9.17) is 4.74 Å². The largest absolute Gasteiger partial charge is 0.508 e. The van der Waals surface area contributed by atoms with Crippen LogP contribution >= 0.6 is 0 Å². The van der Waals surface area contributed by atoms with Gasteiger partial charge in [0.2, 0.25) is 0 Å². The van der Waals surface area contributed by atoms with Gasteiger partial charge in [0.25, 0.3) is 5.91 Å². The number of carbonyl (C=O) groups excluding carboxylic acids is 1. The number of amides is 1. The van der Waals surface area contributed by atoms with Crippen molar-refractivity contribution in [3.05, 3.63) is 77.6 Å². The molecule has 0 spiro atoms. The number of hydrogen-bond acceptors (Lipinski definition) is 6. The van der Waals surface area contributed by atoms with E-state index in [-0.39, 0.29) is 22.7 Å². The molecule has 1 saturated heterocycles. The van der Waals surface area contributed by atoms with Gasteiger partial charge in [-0.05, 0) is 48.0 Å². The van der Waals surface area contributed by atoms with Gasteiger partial charge in [0.05, 0.1) is 19.0 Å². The van der Waals surface area contributed by atoms with Gasteiger partial charge in [0.1, 0.15) is 17.1 Å². The molecule has 0 saturated carbocycles. The van der Waals surface area contributed by atoms with Crippen LogP contribution in [0.15, 0.2) is 60.8 Å². The highest BCUT2D eigenvalue weighted by Crippen LogP contribution is 2.33. The molecule has 2 aromatic carbocycles. The van der Waals surface area contributed by atoms with E-state index in [1.165, 1.54) is 7.11 Å². The topological polar surface area (TPSA) is 83.2 Å². The van der Waals surface area contributed by atoms with Crippen molar-refractivity contribution >= 4 is 11.6 Å². The zero-order valence-electron chi connectivity index (χ0n) is 19.9. The second kappa shape index (κ2) is 9.74. The van der Waals surface area contributed by atoms with E-state index in [1.54, 1.807) is 41.3 Å². The highest BCUT2D eigenvalue weighted by Gasteiger charge is 2.36. The van der Waals surface area contributed by atoms with Crippen molar-refractivity contribution in [3.8, 4) is 22.8 Å². The number of fused-ring (bicyclic) bond motifs is 1. The molecule has 1 amide bonds. The first-order valence-electron chi connectivity index (χ1n) is 11.6. The Balaban J connectivity index is 1.40. The number of phenolic OH excluding ortho intramolecular Hbond substituents is 1. The Morgan fingerprint density at radius 2 is 1.70 bits per heavy atom. The van der Waals surface area contributed by atoms with E-state index in [1.807, 2.05) is 12.1 Å². The standard InChI is InChI=1S/C26H24F3N5O3/c1-37-20-8-4-18(5-9-20)22-14-23(26(27,28)29)34-24(31-22)21(15-30-34)25(36)33-12-10-32(11-13-33)16-17-2-6-19(35)7-3-17/h2-9,14-15,35H,10-13,16H2,1H3. The maximum absolute atomic E-state index is 13.9. The van der Waals surface area contributed by atoms with Crippen molar-refractivity contribution < 1.29 is 27.8 Å². The number of benzene rings is 2. The first-order chi connectivity index (χ1) is 17.7. The fraction of sp³-hybridized carbons (Fsp3) is 0.269. The quantitative estimate of drug-likeness (QED) is 0.435. The van der Waals surface area contributed by atoms with Gasteiger partial charge in [0, 0.05) is 38.3 Å². The first kappa shape index (κ1) is 24.6. The van der Waals surface area contributed by atoms with Crippen LogP contribution in [0.5, 0.6) is 11.5 Å². The summed E-state index contributed by atoms with van der Waals surface area (Å²) >= 11 is 0. The summed E-state index contributed by atoms with van der Waals surface area (Å²) in [6.07, 6.45) is -3.55. The van der Waals surface area contributed by atoms with Crippen LogP contribution in [0.25, 0.3) is 16.9 Å². The molecule has 1 aliphatic heterocycles. The Morgan fingerprint density at radius 1 is 1.03 bits per heavy atom. The number of nitrogens with zero attached hydrogens (tertiary/aromatic N) is 5. The van der Waals surface area contributed by atoms with Gasteiger partial charge in [-0.3, -0.25) is 9.69 Å². The number of aromatic hydroxyl groups is 1. The van der Waals surface area contributed by atoms with Crippen LogP contribution in [-0.4, -0.2) is 68.7 Å². The Bertz CT molecular complexity index is 1410. The van der Waals surface area contributed by atoms with Crippen LogP contribution in [0.2, 0.25) is 0 Å². The molecule has 1 N–H and O–H groups in total. The van der Waals surface area contributed by atoms with Crippen molar-refractivity contribution in [1.82, 2.24) is 24.4 Å². The minimum atomic E-state index is -4.70. The lowest BCUT2D eigenvalue weighted by Gasteiger charge is -2.34. The van der Waals surface area contributed by atoms with E-state index in [9.17, 15) is 23.1 Å². The second-order valence-electron chi connectivity index (χ2n) is 8.78. The summed E-state index contributed by atoms with van der Waals surface area (Å²) in [5.74, 6) is 0.349. The fourth-order valence-corrected chi connectivity index (χ4v) is 4.36. The summed E-state index contributed by atoms with van der Waals surface area (Å²) in [4.78, 5) is 21.6. The lowest BCUT2D eigenvalue weighted by Crippen LogP contribution is -2.48. The summed E-state index contributed by atoms with van der Waals surface area (Å²) in [6, 6.07) is 14.4. The van der Waals surface area contributed by atoms with Gasteiger partial charge < -0.3 is 14.7 Å². The summed E-state index contributed by atoms with van der Waals surface area (Å²) in [5, 5.41) is 13.3. The second-order valence-corrected chi connectivity index (χ2v) is 8.78. The third-order valence-electron chi connectivity index (χ3n) is 6.38. The van der Waals surface area contributed by atoms with E-state index < -0.39 is 17.8 Å². The summed E-state index contributed by atoms with van der Waals surface area (Å²) < 4.78 is 47.6. The van der Waals surface area contributed by atoms with E-state index >= 15 is 0 Å². The van der Waals surface area contributed by atoms with Crippen LogP contribution in [0.1, 0.15) is 21.6 Å². The predicted molar refractivity (Wildman–Crippen MR) is 129 cm³/mol. The molecule has 4 aromatic rings. The van der Waals surface area contributed by atoms with Gasteiger partial charge in [-0.15, -0.1) is 0 Å². The Kier molecular flexibility index (Phi) is 6.46. The SMILES string of the molecule is COc1ccc(-c2cc(C(F)(F)F)n3ncc(C(=O)N4CCN(Cc5ccc(O)cc5)CC4)c3n2)cc1. The molecule has 0 bridgehead atoms. The Hall–Kier alpha value is -4.12. The van der Waals surface area contributed by atoms with E-state index in [2.05, 4.69) is 15.0 Å². The first-order valence-corrected chi connectivity index (χ1v) is 11.6. The molecule has 2 aromatic heterocycles. The molecule has 0 radical (unpaired) electrons. The third kappa shape index (κ3) is 5.08. The van der Waals surface area contributed by atoms with Crippen LogP contribution in [0.3, 0.4) is 0 Å². The third-order valence-corrected chi connectivity index (χ3v) is 6.38. The van der Waals surface area contributed by atoms with Crippen LogP contribution in [0, 0.1) is 0 Å². The zero-order chi connectivity index (χ0) is 26.2. The minimum absolute atomic E-state index is 0.0212. The smallest absolute Gasteiger partial charge is 0.433 e. The fourth-order valence-electron chi connectivity index (χ4n) is 4.36. The number of aromatic nitrogens is 3. The number of hydrogen-bond donors (Lipinski definition) is 1. The molecule has 0 aliphatic carbocycles. The Labute approximate surface area is 210 Å². The van der Waals surface area contributed by atoms with Gasteiger partial charge in [-0.25, -0.2) is 9.50 Å². The monoisotopic (exact) mass is 511 g/mol. The van der Waals surface area contributed by atoms with E-state index in [0.717, 1.165) is 17.8 Å². The lowest BCUT2D eigenvalue weighted by atomic mass is 10.1. The van der Waals surface area contributed by atoms with Gasteiger partial charge in [-0.1, -0.05) is 12.1 Å². The molecule has 8 nitrogen and oxygen atoms in total. The number of carbonyl (C=O) groups is 1. The Morgan fingerprint density at radius 3 is 2.32 bits per heavy atom. The van der Waals surface area contributed by atoms with Crippen molar-refractivity contribution in [3.63, 3.8) is 0 Å². The predicted octanol–water partition coefficient (Wildman–Crippen LogP) is 4.09. The average molecular weight is 512 g/mol. The van der Waals surface area contributed by atoms with E-state index in [0.29, 0.717) is 48.6 Å². The molecule has 37 heavy (non-hydrogen) atoms. The molecule has 11 heteroatoms. The molecular formula is C26H24F3N5O3. The molecular weight excluding hydrogens is 487 g/mol. The van der Waals surface area contributed by atoms with Crippen molar-refractivity contribution in [2.45, 2.75) is 12.7 Å². The van der Waals surface area contributed by atoms with Crippen LogP contribution < -0.4 is 4.74 Å². The molecule has 1 aliphatic rings. The molecule has 0 atom stereocenters. The normalized spacial score (nSPS) is 14.8. The minimum Gasteiger partial charge on any atom is -0.508 e. The summed E-state index contributed by atoms with van der Waals surface area (Å²) in [5.41, 5.74) is 0.438. The average Bonchev–Trinajstić information content (AvgIpc) is 3.33. The molecule has 1 fully saturated rings. The summed E-state index contributed by atoms with van der Waals surface area (Å²) in [6.45, 7) is 2.70. The highest BCUT2D eigenvalue weighted by atomic mass is 19.4. The molecule has 0 unspecified atom stereocenters. The highest BCUT2D eigenvalue weighted by molar-refractivity contribution is 6.00. The van der Waals surface area contributed by atoms with Gasteiger partial charge in [0.15, 0.2) is 11.3 Å². The summed E-state index contributed by atoms with van der Waals surface area (Å²) in [7, 11) is 1.50. The zero-order valence-corrected chi connectivity index (χ0v) is 19.9. The number of alkyl halides is 3. The molecule has 3 heterocycles. The van der Waals surface area contributed by atoms with Gasteiger partial charge >= 0.3 is 6.18 Å². The van der Waals surface area contributed by atoms with Crippen molar-refractivity contribution in [2.24, 2.45) is 0 Å².